The number of piperidine rings is 3. The summed E-state index contributed by atoms with van der Waals surface area (Å²) in [7, 11) is 0. The first-order valence-corrected chi connectivity index (χ1v) is 10.8. The lowest BCUT2D eigenvalue weighted by Gasteiger charge is -2.51. The molecule has 3 fully saturated rings. The second-order valence-corrected chi connectivity index (χ2v) is 8.57. The summed E-state index contributed by atoms with van der Waals surface area (Å²) in [5.74, 6) is 1.50. The van der Waals surface area contributed by atoms with E-state index in [4.69, 9.17) is 4.74 Å². The largest absolute Gasteiger partial charge is 0.508 e. The van der Waals surface area contributed by atoms with Crippen LogP contribution in [-0.2, 0) is 11.3 Å². The SMILES string of the molecule is C=C[C@H]1CN2CC[C@@H]1C[C@@H]2[C@@H](OCc1ccccc1)c1ccnc2ccc(O)cc12. The molecule has 3 aromatic rings. The molecule has 0 aliphatic carbocycles. The number of rotatable bonds is 6. The molecule has 5 atom stereocenters. The molecule has 3 aliphatic heterocycles. The fraction of sp³-hybridized carbons (Fsp3) is 0.346. The van der Waals surface area contributed by atoms with Gasteiger partial charge in [-0.3, -0.25) is 9.88 Å². The van der Waals surface area contributed by atoms with Gasteiger partial charge in [-0.05, 0) is 66.6 Å². The van der Waals surface area contributed by atoms with Gasteiger partial charge in [-0.25, -0.2) is 0 Å². The smallest absolute Gasteiger partial charge is 0.116 e. The van der Waals surface area contributed by atoms with Gasteiger partial charge in [0.1, 0.15) is 5.75 Å². The average Bonchev–Trinajstić information content (AvgIpc) is 2.80. The Morgan fingerprint density at radius 1 is 1.20 bits per heavy atom. The molecule has 0 saturated carbocycles. The number of nitrogens with zero attached hydrogens (tertiary/aromatic N) is 2. The predicted molar refractivity (Wildman–Crippen MR) is 119 cm³/mol. The molecule has 154 valence electrons. The summed E-state index contributed by atoms with van der Waals surface area (Å²) in [5.41, 5.74) is 3.17. The van der Waals surface area contributed by atoms with Crippen LogP contribution in [0.3, 0.4) is 0 Å². The van der Waals surface area contributed by atoms with Crippen LogP contribution in [0.2, 0.25) is 0 Å². The van der Waals surface area contributed by atoms with E-state index in [0.29, 0.717) is 24.5 Å². The summed E-state index contributed by atoms with van der Waals surface area (Å²) in [6, 6.07) is 18.1. The van der Waals surface area contributed by atoms with E-state index in [0.717, 1.165) is 36.0 Å². The zero-order valence-electron chi connectivity index (χ0n) is 17.2. The topological polar surface area (TPSA) is 45.6 Å². The van der Waals surface area contributed by atoms with Crippen LogP contribution in [0.5, 0.6) is 5.75 Å². The molecule has 2 bridgehead atoms. The van der Waals surface area contributed by atoms with Gasteiger partial charge in [0.05, 0.1) is 18.2 Å². The number of ether oxygens (including phenoxy) is 1. The van der Waals surface area contributed by atoms with Gasteiger partial charge in [0.15, 0.2) is 0 Å². The molecule has 3 saturated heterocycles. The van der Waals surface area contributed by atoms with Gasteiger partial charge >= 0.3 is 0 Å². The lowest BCUT2D eigenvalue weighted by Crippen LogP contribution is -2.55. The summed E-state index contributed by atoms with van der Waals surface area (Å²) in [5, 5.41) is 11.1. The number of fused-ring (bicyclic) bond motifs is 4. The zero-order valence-corrected chi connectivity index (χ0v) is 17.2. The summed E-state index contributed by atoms with van der Waals surface area (Å²) in [6.07, 6.45) is 6.25. The summed E-state index contributed by atoms with van der Waals surface area (Å²) in [4.78, 5) is 7.09. The first-order chi connectivity index (χ1) is 14.7. The number of pyridine rings is 1. The van der Waals surface area contributed by atoms with Crippen LogP contribution < -0.4 is 0 Å². The second kappa shape index (κ2) is 8.21. The van der Waals surface area contributed by atoms with Gasteiger partial charge in [-0.1, -0.05) is 36.4 Å². The minimum absolute atomic E-state index is 0.0777. The van der Waals surface area contributed by atoms with Crippen molar-refractivity contribution in [2.24, 2.45) is 11.8 Å². The molecule has 0 amide bonds. The van der Waals surface area contributed by atoms with Crippen molar-refractivity contribution in [1.82, 2.24) is 9.88 Å². The van der Waals surface area contributed by atoms with E-state index in [2.05, 4.69) is 40.7 Å². The Kier molecular flexibility index (Phi) is 5.28. The molecule has 1 unspecified atom stereocenters. The van der Waals surface area contributed by atoms with Crippen molar-refractivity contribution >= 4 is 10.9 Å². The van der Waals surface area contributed by atoms with E-state index >= 15 is 0 Å². The fourth-order valence-corrected chi connectivity index (χ4v) is 5.26. The molecular weight excluding hydrogens is 372 g/mol. The van der Waals surface area contributed by atoms with Gasteiger partial charge in [0.25, 0.3) is 0 Å². The Morgan fingerprint density at radius 2 is 2.07 bits per heavy atom. The van der Waals surface area contributed by atoms with Gasteiger partial charge in [0.2, 0.25) is 0 Å². The van der Waals surface area contributed by atoms with E-state index in [1.165, 1.54) is 12.0 Å². The number of hydrogen-bond acceptors (Lipinski definition) is 4. The third-order valence-corrected chi connectivity index (χ3v) is 6.84. The average molecular weight is 401 g/mol. The Bertz CT molecular complexity index is 1040. The number of benzene rings is 2. The van der Waals surface area contributed by atoms with E-state index < -0.39 is 0 Å². The molecule has 4 nitrogen and oxygen atoms in total. The second-order valence-electron chi connectivity index (χ2n) is 8.57. The van der Waals surface area contributed by atoms with Crippen LogP contribution in [0.1, 0.15) is 30.1 Å². The lowest BCUT2D eigenvalue weighted by atomic mass is 9.73. The monoisotopic (exact) mass is 400 g/mol. The summed E-state index contributed by atoms with van der Waals surface area (Å²) in [6.45, 7) is 6.79. The highest BCUT2D eigenvalue weighted by atomic mass is 16.5. The minimum atomic E-state index is -0.0777. The van der Waals surface area contributed by atoms with Crippen molar-refractivity contribution in [3.8, 4) is 5.75 Å². The number of hydrogen-bond donors (Lipinski definition) is 1. The Balaban J connectivity index is 1.52. The first kappa shape index (κ1) is 19.3. The highest BCUT2D eigenvalue weighted by Gasteiger charge is 2.43. The molecule has 3 aliphatic rings. The van der Waals surface area contributed by atoms with Crippen LogP contribution >= 0.6 is 0 Å². The van der Waals surface area contributed by atoms with Crippen molar-refractivity contribution in [2.45, 2.75) is 31.6 Å². The van der Waals surface area contributed by atoms with E-state index in [-0.39, 0.29) is 11.9 Å². The zero-order chi connectivity index (χ0) is 20.5. The standard InChI is InChI=1S/C26H28N2O2/c1-2-19-16-28-13-11-20(19)14-25(28)26(30-17-18-6-4-3-5-7-18)22-10-12-27-24-9-8-21(29)15-23(22)24/h2-10,12,15,19-20,25-26,29H,1,11,13-14,16-17H2/t19-,20+,25+,26-/m0/s1. The van der Waals surface area contributed by atoms with E-state index in [9.17, 15) is 5.11 Å². The van der Waals surface area contributed by atoms with Crippen LogP contribution in [0.15, 0.2) is 73.4 Å². The first-order valence-electron chi connectivity index (χ1n) is 10.8. The Morgan fingerprint density at radius 3 is 2.83 bits per heavy atom. The molecule has 4 heteroatoms. The van der Waals surface area contributed by atoms with Crippen LogP contribution in [-0.4, -0.2) is 34.1 Å². The Labute approximate surface area is 177 Å². The minimum Gasteiger partial charge on any atom is -0.508 e. The highest BCUT2D eigenvalue weighted by Crippen LogP contribution is 2.43. The molecule has 6 rings (SSSR count). The number of phenolic OH excluding ortho intramolecular Hbond substituents is 1. The number of aromatic nitrogens is 1. The molecule has 1 N–H and O–H groups in total. The van der Waals surface area contributed by atoms with E-state index in [1.54, 1.807) is 6.07 Å². The molecule has 0 spiro atoms. The van der Waals surface area contributed by atoms with Gasteiger partial charge < -0.3 is 9.84 Å². The van der Waals surface area contributed by atoms with Crippen molar-refractivity contribution in [3.63, 3.8) is 0 Å². The quantitative estimate of drug-likeness (QED) is 0.585. The lowest BCUT2D eigenvalue weighted by molar-refractivity contribution is -0.0803. The maximum atomic E-state index is 10.1. The molecule has 30 heavy (non-hydrogen) atoms. The van der Waals surface area contributed by atoms with Crippen LogP contribution in [0, 0.1) is 11.8 Å². The maximum Gasteiger partial charge on any atom is 0.116 e. The highest BCUT2D eigenvalue weighted by molar-refractivity contribution is 5.83. The summed E-state index contributed by atoms with van der Waals surface area (Å²) >= 11 is 0. The molecule has 4 heterocycles. The maximum absolute atomic E-state index is 10.1. The summed E-state index contributed by atoms with van der Waals surface area (Å²) < 4.78 is 6.65. The van der Waals surface area contributed by atoms with Gasteiger partial charge in [-0.2, -0.15) is 0 Å². The van der Waals surface area contributed by atoms with Crippen molar-refractivity contribution in [1.29, 1.82) is 0 Å². The molecular formula is C26H28N2O2. The van der Waals surface area contributed by atoms with Crippen LogP contribution in [0.25, 0.3) is 10.9 Å². The molecule has 0 radical (unpaired) electrons. The third kappa shape index (κ3) is 3.62. The van der Waals surface area contributed by atoms with Crippen molar-refractivity contribution in [3.05, 3.63) is 84.6 Å². The molecule has 2 aromatic carbocycles. The fourth-order valence-electron chi connectivity index (χ4n) is 5.26. The van der Waals surface area contributed by atoms with Crippen molar-refractivity contribution < 1.29 is 9.84 Å². The van der Waals surface area contributed by atoms with Gasteiger partial charge in [-0.15, -0.1) is 6.58 Å². The van der Waals surface area contributed by atoms with E-state index in [1.807, 2.05) is 36.5 Å². The Hall–Kier alpha value is -2.69. The number of aromatic hydroxyl groups is 1. The predicted octanol–water partition coefficient (Wildman–Crippen LogP) is 5.09. The normalized spacial score (nSPS) is 26.5. The third-order valence-electron chi connectivity index (χ3n) is 6.84. The number of phenols is 1. The van der Waals surface area contributed by atoms with Crippen LogP contribution in [0.4, 0.5) is 0 Å². The van der Waals surface area contributed by atoms with Gasteiger partial charge in [0, 0.05) is 24.2 Å². The van der Waals surface area contributed by atoms with Crippen molar-refractivity contribution in [2.75, 3.05) is 13.1 Å². The molecule has 1 aromatic heterocycles.